The minimum atomic E-state index is 0.0150. The number of piperidine rings is 1. The number of nitrogens with zero attached hydrogens (tertiary/aromatic N) is 1. The first-order chi connectivity index (χ1) is 9.77. The van der Waals surface area contributed by atoms with Crippen LogP contribution in [0, 0.1) is 0 Å². The number of thiophene rings is 1. The Balaban J connectivity index is 1.73. The Labute approximate surface area is 125 Å². The van der Waals surface area contributed by atoms with Crippen LogP contribution in [-0.4, -0.2) is 44.9 Å². The normalized spacial score (nSPS) is 22.1. The van der Waals surface area contributed by atoms with Crippen LogP contribution in [0.15, 0.2) is 6.07 Å². The van der Waals surface area contributed by atoms with Crippen molar-refractivity contribution < 1.29 is 9.47 Å². The molecule has 2 aliphatic rings. The SMILES string of the molecule is CCc1cc2c(s1)CCOC21CCN(CCOC)CC1. The molecule has 20 heavy (non-hydrogen) atoms. The summed E-state index contributed by atoms with van der Waals surface area (Å²) in [6.07, 6.45) is 4.51. The Morgan fingerprint density at radius 3 is 2.90 bits per heavy atom. The van der Waals surface area contributed by atoms with Crippen LogP contribution < -0.4 is 0 Å². The maximum atomic E-state index is 6.29. The maximum Gasteiger partial charge on any atom is 0.0966 e. The maximum absolute atomic E-state index is 6.29. The molecule has 1 fully saturated rings. The molecule has 4 heteroatoms. The van der Waals surface area contributed by atoms with Gasteiger partial charge in [-0.1, -0.05) is 6.92 Å². The topological polar surface area (TPSA) is 21.7 Å². The third-order valence-electron chi connectivity index (χ3n) is 4.68. The number of likely N-dealkylation sites (tertiary alicyclic amines) is 1. The van der Waals surface area contributed by atoms with E-state index in [4.69, 9.17) is 9.47 Å². The van der Waals surface area contributed by atoms with Gasteiger partial charge in [-0.05, 0) is 30.9 Å². The highest BCUT2D eigenvalue weighted by Crippen LogP contribution is 2.44. The zero-order valence-electron chi connectivity index (χ0n) is 12.6. The second kappa shape index (κ2) is 6.14. The van der Waals surface area contributed by atoms with E-state index in [2.05, 4.69) is 17.9 Å². The molecule has 1 aromatic rings. The fourth-order valence-corrected chi connectivity index (χ4v) is 4.60. The van der Waals surface area contributed by atoms with E-state index in [0.29, 0.717) is 0 Å². The third kappa shape index (κ3) is 2.67. The lowest BCUT2D eigenvalue weighted by atomic mass is 9.82. The van der Waals surface area contributed by atoms with E-state index >= 15 is 0 Å². The van der Waals surface area contributed by atoms with Crippen LogP contribution in [-0.2, 0) is 27.9 Å². The second-order valence-corrected chi connectivity index (χ2v) is 7.05. The van der Waals surface area contributed by atoms with Crippen LogP contribution >= 0.6 is 11.3 Å². The molecule has 3 rings (SSSR count). The number of hydrogen-bond acceptors (Lipinski definition) is 4. The molecule has 3 nitrogen and oxygen atoms in total. The fraction of sp³-hybridized carbons (Fsp3) is 0.750. The zero-order chi connectivity index (χ0) is 14.0. The first-order valence-electron chi connectivity index (χ1n) is 7.75. The van der Waals surface area contributed by atoms with Gasteiger partial charge in [0.15, 0.2) is 0 Å². The standard InChI is InChI=1S/C16H25NO2S/c1-3-13-12-14-15(20-13)4-10-19-16(14)5-7-17(8-6-16)9-11-18-2/h12H,3-11H2,1-2H3. The predicted octanol–water partition coefficient (Wildman–Crippen LogP) is 2.82. The fourth-order valence-electron chi connectivity index (χ4n) is 3.42. The molecule has 0 saturated carbocycles. The average molecular weight is 295 g/mol. The Morgan fingerprint density at radius 1 is 1.40 bits per heavy atom. The Morgan fingerprint density at radius 2 is 2.20 bits per heavy atom. The van der Waals surface area contributed by atoms with Crippen molar-refractivity contribution in [3.8, 4) is 0 Å². The molecule has 0 N–H and O–H groups in total. The lowest BCUT2D eigenvalue weighted by Gasteiger charge is -2.44. The van der Waals surface area contributed by atoms with E-state index in [1.807, 2.05) is 11.3 Å². The van der Waals surface area contributed by atoms with Crippen molar-refractivity contribution in [3.05, 3.63) is 21.4 Å². The van der Waals surface area contributed by atoms with E-state index in [0.717, 1.165) is 58.5 Å². The van der Waals surface area contributed by atoms with Crippen molar-refractivity contribution in [1.82, 2.24) is 4.90 Å². The summed E-state index contributed by atoms with van der Waals surface area (Å²) in [5.74, 6) is 0. The smallest absolute Gasteiger partial charge is 0.0966 e. The number of ether oxygens (including phenoxy) is 2. The van der Waals surface area contributed by atoms with Crippen LogP contribution in [0.5, 0.6) is 0 Å². The van der Waals surface area contributed by atoms with Crippen molar-refractivity contribution in [2.24, 2.45) is 0 Å². The summed E-state index contributed by atoms with van der Waals surface area (Å²) >= 11 is 2.00. The van der Waals surface area contributed by atoms with Gasteiger partial charge in [0.05, 0.1) is 18.8 Å². The molecule has 1 saturated heterocycles. The highest BCUT2D eigenvalue weighted by atomic mass is 32.1. The molecule has 0 unspecified atom stereocenters. The molecule has 0 radical (unpaired) electrons. The summed E-state index contributed by atoms with van der Waals surface area (Å²) in [4.78, 5) is 5.60. The molecule has 112 valence electrons. The van der Waals surface area contributed by atoms with Gasteiger partial charge in [-0.15, -0.1) is 11.3 Å². The van der Waals surface area contributed by atoms with Crippen LogP contribution in [0.2, 0.25) is 0 Å². The first-order valence-corrected chi connectivity index (χ1v) is 8.56. The molecule has 2 aliphatic heterocycles. The Kier molecular flexibility index (Phi) is 4.46. The van der Waals surface area contributed by atoms with Gasteiger partial charge in [0, 0.05) is 42.9 Å². The largest absolute Gasteiger partial charge is 0.383 e. The molecule has 3 heterocycles. The minimum Gasteiger partial charge on any atom is -0.383 e. The zero-order valence-corrected chi connectivity index (χ0v) is 13.4. The summed E-state index contributed by atoms with van der Waals surface area (Å²) in [6.45, 7) is 7.27. The molecular formula is C16H25NO2S. The summed E-state index contributed by atoms with van der Waals surface area (Å²) in [7, 11) is 1.78. The minimum absolute atomic E-state index is 0.0150. The van der Waals surface area contributed by atoms with Gasteiger partial charge in [0.25, 0.3) is 0 Å². The van der Waals surface area contributed by atoms with Crippen LogP contribution in [0.3, 0.4) is 0 Å². The number of hydrogen-bond donors (Lipinski definition) is 0. The molecule has 0 amide bonds. The van der Waals surface area contributed by atoms with Crippen LogP contribution in [0.25, 0.3) is 0 Å². The van der Waals surface area contributed by atoms with Crippen LogP contribution in [0.4, 0.5) is 0 Å². The van der Waals surface area contributed by atoms with Gasteiger partial charge in [-0.25, -0.2) is 0 Å². The molecule has 1 spiro atoms. The second-order valence-electron chi connectivity index (χ2n) is 5.83. The van der Waals surface area contributed by atoms with Gasteiger partial charge in [0.2, 0.25) is 0 Å². The molecule has 1 aromatic heterocycles. The highest BCUT2D eigenvalue weighted by molar-refractivity contribution is 7.12. The Hall–Kier alpha value is -0.420. The van der Waals surface area contributed by atoms with Crippen molar-refractivity contribution in [3.63, 3.8) is 0 Å². The average Bonchev–Trinajstić information content (AvgIpc) is 2.92. The van der Waals surface area contributed by atoms with Crippen molar-refractivity contribution in [2.45, 2.75) is 38.2 Å². The van der Waals surface area contributed by atoms with Crippen molar-refractivity contribution >= 4 is 11.3 Å². The summed E-state index contributed by atoms with van der Waals surface area (Å²) in [5, 5.41) is 0. The van der Waals surface area contributed by atoms with E-state index in [9.17, 15) is 0 Å². The van der Waals surface area contributed by atoms with E-state index in [1.54, 1.807) is 12.0 Å². The summed E-state index contributed by atoms with van der Waals surface area (Å²) < 4.78 is 11.5. The quantitative estimate of drug-likeness (QED) is 0.852. The van der Waals surface area contributed by atoms with Crippen molar-refractivity contribution in [1.29, 1.82) is 0 Å². The highest BCUT2D eigenvalue weighted by Gasteiger charge is 2.41. The number of rotatable bonds is 4. The number of fused-ring (bicyclic) bond motifs is 2. The molecule has 0 aliphatic carbocycles. The van der Waals surface area contributed by atoms with E-state index in [-0.39, 0.29) is 5.60 Å². The Bertz CT molecular complexity index is 449. The van der Waals surface area contributed by atoms with Crippen molar-refractivity contribution in [2.75, 3.05) is 40.0 Å². The van der Waals surface area contributed by atoms with E-state index < -0.39 is 0 Å². The lowest BCUT2D eigenvalue weighted by molar-refractivity contribution is -0.0983. The third-order valence-corrected chi connectivity index (χ3v) is 6.02. The molecular weight excluding hydrogens is 270 g/mol. The van der Waals surface area contributed by atoms with Gasteiger partial charge < -0.3 is 14.4 Å². The molecule has 0 aromatic carbocycles. The molecule has 0 bridgehead atoms. The molecule has 0 atom stereocenters. The predicted molar refractivity (Wildman–Crippen MR) is 82.6 cm³/mol. The number of aryl methyl sites for hydroxylation is 1. The van der Waals surface area contributed by atoms with Gasteiger partial charge in [-0.2, -0.15) is 0 Å². The van der Waals surface area contributed by atoms with Gasteiger partial charge >= 0.3 is 0 Å². The van der Waals surface area contributed by atoms with Gasteiger partial charge in [0.1, 0.15) is 0 Å². The first kappa shape index (κ1) is 14.5. The monoisotopic (exact) mass is 295 g/mol. The van der Waals surface area contributed by atoms with E-state index in [1.165, 1.54) is 10.4 Å². The van der Waals surface area contributed by atoms with Crippen LogP contribution in [0.1, 0.15) is 35.1 Å². The summed E-state index contributed by atoms with van der Waals surface area (Å²) in [5.41, 5.74) is 1.53. The number of methoxy groups -OCH3 is 1. The lowest BCUT2D eigenvalue weighted by Crippen LogP contribution is -2.46. The summed E-state index contributed by atoms with van der Waals surface area (Å²) in [6, 6.07) is 2.42. The van der Waals surface area contributed by atoms with Gasteiger partial charge in [-0.3, -0.25) is 0 Å².